The number of unbranched alkanes of at least 4 members (excludes halogenated alkanes) is 1. The number of hydrogen-bond acceptors (Lipinski definition) is 4. The van der Waals surface area contributed by atoms with Gasteiger partial charge in [-0.3, -0.25) is 9.59 Å². The molecule has 1 saturated carbocycles. The van der Waals surface area contributed by atoms with Gasteiger partial charge in [-0.25, -0.2) is 4.79 Å². The van der Waals surface area contributed by atoms with Crippen molar-refractivity contribution >= 4 is 18.0 Å². The lowest BCUT2D eigenvalue weighted by molar-refractivity contribution is -0.137. The summed E-state index contributed by atoms with van der Waals surface area (Å²) in [6.45, 7) is 3.10. The molecule has 35 heavy (non-hydrogen) atoms. The number of likely N-dealkylation sites (N-methyl/N-ethyl adjacent to an activating group) is 1. The van der Waals surface area contributed by atoms with Gasteiger partial charge in [0.1, 0.15) is 12.6 Å². The van der Waals surface area contributed by atoms with Crippen molar-refractivity contribution in [1.29, 1.82) is 0 Å². The molecule has 0 aromatic heterocycles. The van der Waals surface area contributed by atoms with Gasteiger partial charge in [0.25, 0.3) is 0 Å². The second-order valence-corrected chi connectivity index (χ2v) is 9.47. The molecule has 0 radical (unpaired) electrons. The van der Waals surface area contributed by atoms with E-state index in [9.17, 15) is 14.4 Å². The van der Waals surface area contributed by atoms with E-state index < -0.39 is 18.1 Å². The highest BCUT2D eigenvalue weighted by atomic mass is 16.5. The van der Waals surface area contributed by atoms with Crippen LogP contribution < -0.4 is 5.32 Å². The van der Waals surface area contributed by atoms with E-state index >= 15 is 0 Å². The highest BCUT2D eigenvalue weighted by Crippen LogP contribution is 2.44. The normalized spacial score (nSPS) is 15.1. The molecule has 2 aliphatic carbocycles. The Kier molecular flexibility index (Phi) is 8.06. The highest BCUT2D eigenvalue weighted by Gasteiger charge is 2.34. The van der Waals surface area contributed by atoms with Crippen molar-refractivity contribution in [2.75, 3.05) is 19.7 Å². The third-order valence-corrected chi connectivity index (χ3v) is 6.96. The first-order valence-electron chi connectivity index (χ1n) is 12.6. The van der Waals surface area contributed by atoms with Crippen LogP contribution in [0.15, 0.2) is 48.5 Å². The Morgan fingerprint density at radius 3 is 2.23 bits per heavy atom. The van der Waals surface area contributed by atoms with Crippen LogP contribution in [0.1, 0.15) is 62.5 Å². The lowest BCUT2D eigenvalue weighted by Crippen LogP contribution is -2.49. The maximum Gasteiger partial charge on any atom is 0.407 e. The lowest BCUT2D eigenvalue weighted by atomic mass is 9.98. The van der Waals surface area contributed by atoms with E-state index in [1.54, 1.807) is 4.90 Å². The molecule has 186 valence electrons. The highest BCUT2D eigenvalue weighted by molar-refractivity contribution is 5.86. The predicted molar refractivity (Wildman–Crippen MR) is 133 cm³/mol. The molecule has 1 unspecified atom stereocenters. The summed E-state index contributed by atoms with van der Waals surface area (Å²) in [4.78, 5) is 38.5. The molecule has 7 heteroatoms. The van der Waals surface area contributed by atoms with Crippen LogP contribution in [0.4, 0.5) is 4.79 Å². The molecule has 2 N–H and O–H groups in total. The fourth-order valence-corrected chi connectivity index (χ4v) is 4.91. The first kappa shape index (κ1) is 24.8. The van der Waals surface area contributed by atoms with E-state index in [1.807, 2.05) is 31.2 Å². The van der Waals surface area contributed by atoms with Gasteiger partial charge in [-0.15, -0.1) is 0 Å². The minimum Gasteiger partial charge on any atom is -0.481 e. The minimum absolute atomic E-state index is 0.0351. The van der Waals surface area contributed by atoms with Gasteiger partial charge in [0, 0.05) is 25.4 Å². The van der Waals surface area contributed by atoms with E-state index in [1.165, 1.54) is 11.1 Å². The lowest BCUT2D eigenvalue weighted by Gasteiger charge is -2.27. The average Bonchev–Trinajstić information content (AvgIpc) is 3.62. The number of fused-ring (bicyclic) bond motifs is 3. The van der Waals surface area contributed by atoms with Gasteiger partial charge in [-0.05, 0) is 54.4 Å². The number of benzene rings is 2. The zero-order chi connectivity index (χ0) is 24.8. The molecule has 2 aliphatic rings. The zero-order valence-electron chi connectivity index (χ0n) is 20.2. The number of aliphatic carboxylic acids is 1. The van der Waals surface area contributed by atoms with E-state index in [0.717, 1.165) is 24.0 Å². The Morgan fingerprint density at radius 1 is 1.03 bits per heavy atom. The molecule has 1 fully saturated rings. The van der Waals surface area contributed by atoms with Gasteiger partial charge in [0.15, 0.2) is 0 Å². The maximum atomic E-state index is 13.2. The van der Waals surface area contributed by atoms with Gasteiger partial charge < -0.3 is 20.1 Å². The quantitative estimate of drug-likeness (QED) is 0.427. The average molecular weight is 479 g/mol. The van der Waals surface area contributed by atoms with Crippen molar-refractivity contribution < 1.29 is 24.2 Å². The van der Waals surface area contributed by atoms with Crippen LogP contribution in [-0.4, -0.2) is 53.7 Å². The predicted octanol–water partition coefficient (Wildman–Crippen LogP) is 4.80. The summed E-state index contributed by atoms with van der Waals surface area (Å²) in [6, 6.07) is 15.7. The van der Waals surface area contributed by atoms with Crippen LogP contribution in [-0.2, 0) is 14.3 Å². The van der Waals surface area contributed by atoms with E-state index in [4.69, 9.17) is 9.84 Å². The second-order valence-electron chi connectivity index (χ2n) is 9.47. The number of amides is 2. The van der Waals surface area contributed by atoms with Crippen LogP contribution in [0.3, 0.4) is 0 Å². The van der Waals surface area contributed by atoms with Gasteiger partial charge in [-0.2, -0.15) is 0 Å². The Labute approximate surface area is 206 Å². The molecule has 2 aromatic rings. The standard InChI is InChI=1S/C28H34N2O5/c1-2-30(16-8-7-13-26(31)32)27(33)25(17-19-14-15-19)29-28(34)35-18-24-22-11-5-3-9-20(22)21-10-4-6-12-23(21)24/h3-6,9-12,19,24-25H,2,7-8,13-18H2,1H3,(H,29,34)(H,31,32). The number of carbonyl (C=O) groups is 3. The summed E-state index contributed by atoms with van der Waals surface area (Å²) in [6.07, 6.45) is 3.40. The number of nitrogens with zero attached hydrogens (tertiary/aromatic N) is 1. The first-order chi connectivity index (χ1) is 17.0. The zero-order valence-corrected chi connectivity index (χ0v) is 20.2. The second kappa shape index (κ2) is 11.4. The number of alkyl carbamates (subject to hydrolysis) is 1. The SMILES string of the molecule is CCN(CCCCC(=O)O)C(=O)C(CC1CC1)NC(=O)OCC1c2ccccc2-c2ccccc21. The number of hydrogen-bond donors (Lipinski definition) is 2. The van der Waals surface area contributed by atoms with Crippen molar-refractivity contribution in [3.8, 4) is 11.1 Å². The molecular formula is C28H34N2O5. The van der Waals surface area contributed by atoms with E-state index in [-0.39, 0.29) is 24.9 Å². The maximum absolute atomic E-state index is 13.2. The Morgan fingerprint density at radius 2 is 1.66 bits per heavy atom. The van der Waals surface area contributed by atoms with Crippen molar-refractivity contribution in [3.05, 3.63) is 59.7 Å². The summed E-state index contributed by atoms with van der Waals surface area (Å²) in [5.74, 6) is -0.540. The van der Waals surface area contributed by atoms with Gasteiger partial charge in [0.05, 0.1) is 0 Å². The Hall–Kier alpha value is -3.35. The third-order valence-electron chi connectivity index (χ3n) is 6.96. The van der Waals surface area contributed by atoms with E-state index in [2.05, 4.69) is 29.6 Å². The Balaban J connectivity index is 1.36. The molecule has 0 spiro atoms. The number of rotatable bonds is 12. The fraction of sp³-hybridized carbons (Fsp3) is 0.464. The number of carboxylic acid groups (broad SMARTS) is 1. The van der Waals surface area contributed by atoms with Gasteiger partial charge in [0.2, 0.25) is 5.91 Å². The molecule has 0 bridgehead atoms. The smallest absolute Gasteiger partial charge is 0.407 e. The Bertz CT molecular complexity index is 1020. The number of nitrogens with one attached hydrogen (secondary N) is 1. The van der Waals surface area contributed by atoms with Gasteiger partial charge >= 0.3 is 12.1 Å². The number of carboxylic acids is 1. The molecule has 1 atom stereocenters. The summed E-state index contributed by atoms with van der Waals surface area (Å²) in [5, 5.41) is 11.7. The molecular weight excluding hydrogens is 444 g/mol. The monoisotopic (exact) mass is 478 g/mol. The third kappa shape index (κ3) is 6.21. The largest absolute Gasteiger partial charge is 0.481 e. The van der Waals surface area contributed by atoms with Crippen LogP contribution in [0, 0.1) is 5.92 Å². The number of ether oxygens (including phenoxy) is 1. The minimum atomic E-state index is -0.831. The van der Waals surface area contributed by atoms with Crippen LogP contribution in [0.5, 0.6) is 0 Å². The van der Waals surface area contributed by atoms with Gasteiger partial charge in [-0.1, -0.05) is 61.4 Å². The van der Waals surface area contributed by atoms with E-state index in [0.29, 0.717) is 38.3 Å². The summed E-state index contributed by atoms with van der Waals surface area (Å²) in [7, 11) is 0. The summed E-state index contributed by atoms with van der Waals surface area (Å²) < 4.78 is 5.67. The topological polar surface area (TPSA) is 95.9 Å². The summed E-state index contributed by atoms with van der Waals surface area (Å²) in [5.41, 5.74) is 4.62. The summed E-state index contributed by atoms with van der Waals surface area (Å²) >= 11 is 0. The van der Waals surface area contributed by atoms with Crippen molar-refractivity contribution in [1.82, 2.24) is 10.2 Å². The molecule has 0 heterocycles. The van der Waals surface area contributed by atoms with Crippen molar-refractivity contribution in [2.24, 2.45) is 5.92 Å². The molecule has 4 rings (SSSR count). The van der Waals surface area contributed by atoms with Crippen molar-refractivity contribution in [3.63, 3.8) is 0 Å². The van der Waals surface area contributed by atoms with Crippen LogP contribution in [0.25, 0.3) is 11.1 Å². The first-order valence-corrected chi connectivity index (χ1v) is 12.6. The van der Waals surface area contributed by atoms with Crippen LogP contribution >= 0.6 is 0 Å². The molecule has 0 saturated heterocycles. The van der Waals surface area contributed by atoms with Crippen LogP contribution in [0.2, 0.25) is 0 Å². The molecule has 7 nitrogen and oxygen atoms in total. The van der Waals surface area contributed by atoms with Crippen molar-refractivity contribution in [2.45, 2.75) is 57.4 Å². The molecule has 0 aliphatic heterocycles. The number of carbonyl (C=O) groups excluding carboxylic acids is 2. The molecule has 2 aromatic carbocycles. The molecule has 2 amide bonds. The fourth-order valence-electron chi connectivity index (χ4n) is 4.91.